The highest BCUT2D eigenvalue weighted by atomic mass is 16.1. The summed E-state index contributed by atoms with van der Waals surface area (Å²) in [5.41, 5.74) is 13.3. The van der Waals surface area contributed by atoms with Crippen LogP contribution in [0, 0.1) is 5.92 Å². The lowest BCUT2D eigenvalue weighted by Crippen LogP contribution is -2.46. The molecule has 1 amide bonds. The maximum atomic E-state index is 11.5. The number of pyridine rings is 1. The molecule has 0 aliphatic carbocycles. The molecule has 4 N–H and O–H groups in total. The van der Waals surface area contributed by atoms with Crippen LogP contribution in [0.1, 0.15) is 25.5 Å². The molecule has 2 atom stereocenters. The van der Waals surface area contributed by atoms with Crippen LogP contribution in [0.2, 0.25) is 0 Å². The van der Waals surface area contributed by atoms with E-state index < -0.39 is 0 Å². The summed E-state index contributed by atoms with van der Waals surface area (Å²) in [6.07, 6.45) is 3.75. The van der Waals surface area contributed by atoms with Crippen molar-refractivity contribution in [3.63, 3.8) is 0 Å². The number of aromatic nitrogens is 2. The van der Waals surface area contributed by atoms with Gasteiger partial charge in [-0.1, -0.05) is 6.07 Å². The van der Waals surface area contributed by atoms with Gasteiger partial charge in [0.25, 0.3) is 0 Å². The lowest BCUT2D eigenvalue weighted by molar-refractivity contribution is -0.122. The molecule has 2 aromatic heterocycles. The summed E-state index contributed by atoms with van der Waals surface area (Å²) >= 11 is 0. The molecule has 1 fully saturated rings. The number of primary amides is 1. The van der Waals surface area contributed by atoms with Crippen LogP contribution in [0.25, 0.3) is 5.65 Å². The van der Waals surface area contributed by atoms with E-state index in [1.165, 1.54) is 0 Å². The standard InChI is InChI=1S/C15H21N5O/c1-10-5-6-11(14(17)21)9-20(10)15-12(8-16)19-7-3-2-4-13(19)18-15/h2-4,7,10-11H,5-6,8-9,16H2,1H3,(H2,17,21). The van der Waals surface area contributed by atoms with Crippen LogP contribution < -0.4 is 16.4 Å². The van der Waals surface area contributed by atoms with Crippen molar-refractivity contribution in [2.75, 3.05) is 11.4 Å². The average molecular weight is 287 g/mol. The van der Waals surface area contributed by atoms with Crippen LogP contribution in [-0.2, 0) is 11.3 Å². The van der Waals surface area contributed by atoms with Crippen molar-refractivity contribution in [2.24, 2.45) is 17.4 Å². The molecule has 1 aliphatic heterocycles. The van der Waals surface area contributed by atoms with Gasteiger partial charge < -0.3 is 20.8 Å². The summed E-state index contributed by atoms with van der Waals surface area (Å²) < 4.78 is 2.01. The van der Waals surface area contributed by atoms with Crippen LogP contribution >= 0.6 is 0 Å². The minimum Gasteiger partial charge on any atom is -0.369 e. The molecule has 21 heavy (non-hydrogen) atoms. The van der Waals surface area contributed by atoms with E-state index in [2.05, 4.69) is 11.8 Å². The predicted molar refractivity (Wildman–Crippen MR) is 81.8 cm³/mol. The molecule has 1 aliphatic rings. The third kappa shape index (κ3) is 2.35. The van der Waals surface area contributed by atoms with Crippen molar-refractivity contribution >= 4 is 17.4 Å². The summed E-state index contributed by atoms with van der Waals surface area (Å²) in [6, 6.07) is 6.21. The fraction of sp³-hybridized carbons (Fsp3) is 0.467. The SMILES string of the molecule is CC1CCC(C(N)=O)CN1c1nc2ccccn2c1CN. The maximum Gasteiger partial charge on any atom is 0.222 e. The molecule has 0 aromatic carbocycles. The Hall–Kier alpha value is -2.08. The van der Waals surface area contributed by atoms with Crippen LogP contribution in [0.4, 0.5) is 5.82 Å². The first kappa shape index (κ1) is 13.9. The van der Waals surface area contributed by atoms with Gasteiger partial charge in [-0.3, -0.25) is 4.79 Å². The highest BCUT2D eigenvalue weighted by Gasteiger charge is 2.31. The molecule has 1 saturated heterocycles. The van der Waals surface area contributed by atoms with Gasteiger partial charge in [-0.15, -0.1) is 0 Å². The van der Waals surface area contributed by atoms with Crippen molar-refractivity contribution < 1.29 is 4.79 Å². The van der Waals surface area contributed by atoms with Gasteiger partial charge in [0.05, 0.1) is 11.6 Å². The van der Waals surface area contributed by atoms with Gasteiger partial charge in [-0.2, -0.15) is 0 Å². The highest BCUT2D eigenvalue weighted by molar-refractivity contribution is 5.77. The molecular formula is C15H21N5O. The molecule has 0 bridgehead atoms. The molecule has 3 heterocycles. The molecule has 0 saturated carbocycles. The molecule has 0 radical (unpaired) electrons. The topological polar surface area (TPSA) is 89.7 Å². The van der Waals surface area contributed by atoms with E-state index in [-0.39, 0.29) is 11.8 Å². The van der Waals surface area contributed by atoms with Crippen molar-refractivity contribution in [3.8, 4) is 0 Å². The Balaban J connectivity index is 2.03. The fourth-order valence-electron chi connectivity index (χ4n) is 3.09. The Labute approximate surface area is 123 Å². The molecule has 2 aromatic rings. The van der Waals surface area contributed by atoms with Crippen LogP contribution in [-0.4, -0.2) is 27.9 Å². The lowest BCUT2D eigenvalue weighted by atomic mass is 9.93. The van der Waals surface area contributed by atoms with Gasteiger partial charge >= 0.3 is 0 Å². The number of nitrogens with zero attached hydrogens (tertiary/aromatic N) is 3. The third-order valence-electron chi connectivity index (χ3n) is 4.36. The van der Waals surface area contributed by atoms with Gasteiger partial charge in [-0.05, 0) is 31.9 Å². The van der Waals surface area contributed by atoms with E-state index in [9.17, 15) is 4.79 Å². The van der Waals surface area contributed by atoms with Crippen molar-refractivity contribution in [1.29, 1.82) is 0 Å². The van der Waals surface area contributed by atoms with E-state index in [4.69, 9.17) is 16.5 Å². The van der Waals surface area contributed by atoms with Crippen molar-refractivity contribution in [3.05, 3.63) is 30.1 Å². The Bertz CT molecular complexity index is 665. The van der Waals surface area contributed by atoms with Gasteiger partial charge in [0.1, 0.15) is 5.65 Å². The van der Waals surface area contributed by atoms with E-state index in [0.29, 0.717) is 19.1 Å². The average Bonchev–Trinajstić information content (AvgIpc) is 2.85. The van der Waals surface area contributed by atoms with Crippen molar-refractivity contribution in [2.45, 2.75) is 32.4 Å². The second-order valence-electron chi connectivity index (χ2n) is 5.69. The molecule has 6 nitrogen and oxygen atoms in total. The molecule has 0 spiro atoms. The number of rotatable bonds is 3. The third-order valence-corrected chi connectivity index (χ3v) is 4.36. The van der Waals surface area contributed by atoms with E-state index in [1.54, 1.807) is 0 Å². The van der Waals surface area contributed by atoms with Crippen molar-refractivity contribution in [1.82, 2.24) is 9.38 Å². The fourth-order valence-corrected chi connectivity index (χ4v) is 3.09. The summed E-state index contributed by atoms with van der Waals surface area (Å²) in [5, 5.41) is 0. The molecule has 6 heteroatoms. The Morgan fingerprint density at radius 3 is 2.95 bits per heavy atom. The molecule has 2 unspecified atom stereocenters. The first-order valence-corrected chi connectivity index (χ1v) is 7.33. The lowest BCUT2D eigenvalue weighted by Gasteiger charge is -2.37. The number of fused-ring (bicyclic) bond motifs is 1. The normalized spacial score (nSPS) is 22.7. The number of carbonyl (C=O) groups excluding carboxylic acids is 1. The summed E-state index contributed by atoms with van der Waals surface area (Å²) in [7, 11) is 0. The number of imidazole rings is 1. The van der Waals surface area contributed by atoms with E-state index >= 15 is 0 Å². The Kier molecular flexibility index (Phi) is 3.55. The van der Waals surface area contributed by atoms with Gasteiger partial charge in [-0.25, -0.2) is 4.98 Å². The number of piperidine rings is 1. The number of amides is 1. The maximum absolute atomic E-state index is 11.5. The van der Waals surface area contributed by atoms with Crippen LogP contribution in [0.3, 0.4) is 0 Å². The zero-order chi connectivity index (χ0) is 15.0. The highest BCUT2D eigenvalue weighted by Crippen LogP contribution is 2.30. The van der Waals surface area contributed by atoms with E-state index in [0.717, 1.165) is 30.0 Å². The van der Waals surface area contributed by atoms with Gasteiger partial charge in [0.15, 0.2) is 5.82 Å². The van der Waals surface area contributed by atoms with Crippen LogP contribution in [0.5, 0.6) is 0 Å². The predicted octanol–water partition coefficient (Wildman–Crippen LogP) is 0.883. The zero-order valence-corrected chi connectivity index (χ0v) is 12.2. The minimum absolute atomic E-state index is 0.114. The number of carbonyl (C=O) groups is 1. The summed E-state index contributed by atoms with van der Waals surface area (Å²) in [6.45, 7) is 3.18. The zero-order valence-electron chi connectivity index (χ0n) is 12.2. The minimum atomic E-state index is -0.232. The molecular weight excluding hydrogens is 266 g/mol. The summed E-state index contributed by atoms with van der Waals surface area (Å²) in [5.74, 6) is 0.531. The largest absolute Gasteiger partial charge is 0.369 e. The van der Waals surface area contributed by atoms with Gasteiger partial charge in [0.2, 0.25) is 5.91 Å². The second kappa shape index (κ2) is 5.37. The number of anilines is 1. The molecule has 3 rings (SSSR count). The van der Waals surface area contributed by atoms with Crippen LogP contribution in [0.15, 0.2) is 24.4 Å². The van der Waals surface area contributed by atoms with E-state index in [1.807, 2.05) is 28.8 Å². The summed E-state index contributed by atoms with van der Waals surface area (Å²) in [4.78, 5) is 18.4. The Morgan fingerprint density at radius 1 is 1.43 bits per heavy atom. The monoisotopic (exact) mass is 287 g/mol. The van der Waals surface area contributed by atoms with Gasteiger partial charge in [0, 0.05) is 25.3 Å². The smallest absolute Gasteiger partial charge is 0.222 e. The quantitative estimate of drug-likeness (QED) is 0.877. The number of hydrogen-bond donors (Lipinski definition) is 2. The number of hydrogen-bond acceptors (Lipinski definition) is 4. The first-order valence-electron chi connectivity index (χ1n) is 7.33. The molecule has 112 valence electrons. The second-order valence-corrected chi connectivity index (χ2v) is 5.69. The number of nitrogens with two attached hydrogens (primary N) is 2. The first-order chi connectivity index (χ1) is 10.1. The Morgan fingerprint density at radius 2 is 2.24 bits per heavy atom.